The van der Waals surface area contributed by atoms with Crippen LogP contribution in [0.2, 0.25) is 5.02 Å². The molecule has 0 saturated carbocycles. The van der Waals surface area contributed by atoms with Crippen LogP contribution in [0.25, 0.3) is 0 Å². The Balaban J connectivity index is 0.00000242. The molecule has 22 heavy (non-hydrogen) atoms. The van der Waals surface area contributed by atoms with Gasteiger partial charge < -0.3 is 20.3 Å². The number of anilines is 1. The number of ether oxygens (including phenoxy) is 1. The summed E-state index contributed by atoms with van der Waals surface area (Å²) in [4.78, 5) is 4.22. The third-order valence-electron chi connectivity index (χ3n) is 2.74. The monoisotopic (exact) mass is 436 g/mol. The Bertz CT molecular complexity index is 646. The molecule has 0 unspecified atom stereocenters. The average Bonchev–Trinajstić information content (AvgIpc) is 2.84. The second kappa shape index (κ2) is 8.84. The number of nitrogens with two attached hydrogens (primary N) is 1. The molecule has 0 fully saturated rings. The summed E-state index contributed by atoms with van der Waals surface area (Å²) in [5.41, 5.74) is 7.42. The van der Waals surface area contributed by atoms with Gasteiger partial charge in [-0.05, 0) is 25.1 Å². The Morgan fingerprint density at radius 1 is 1.45 bits per heavy atom. The smallest absolute Gasteiger partial charge is 0.193 e. The molecule has 0 bridgehead atoms. The minimum atomic E-state index is 0. The molecule has 120 valence electrons. The summed E-state index contributed by atoms with van der Waals surface area (Å²) in [6, 6.07) is 7.17. The van der Waals surface area contributed by atoms with Crippen LogP contribution >= 0.6 is 35.6 Å². The van der Waals surface area contributed by atoms with Gasteiger partial charge in [-0.2, -0.15) is 0 Å². The summed E-state index contributed by atoms with van der Waals surface area (Å²) in [7, 11) is 1.56. The van der Waals surface area contributed by atoms with Crippen molar-refractivity contribution in [2.75, 3.05) is 19.0 Å². The van der Waals surface area contributed by atoms with Crippen LogP contribution in [0.15, 0.2) is 33.8 Å². The van der Waals surface area contributed by atoms with Crippen molar-refractivity contribution in [2.24, 2.45) is 10.7 Å². The van der Waals surface area contributed by atoms with Crippen LogP contribution in [0.1, 0.15) is 11.5 Å². The minimum Gasteiger partial charge on any atom is -0.495 e. The second-order valence-corrected chi connectivity index (χ2v) is 4.83. The molecular weight excluding hydrogens is 419 g/mol. The molecule has 1 aromatic heterocycles. The zero-order chi connectivity index (χ0) is 15.2. The Labute approximate surface area is 151 Å². The van der Waals surface area contributed by atoms with Crippen LogP contribution in [0.4, 0.5) is 5.69 Å². The number of benzene rings is 1. The Morgan fingerprint density at radius 2 is 2.23 bits per heavy atom. The number of guanidine groups is 1. The molecule has 2 aromatic rings. The van der Waals surface area contributed by atoms with E-state index in [0.29, 0.717) is 29.7 Å². The van der Waals surface area contributed by atoms with Gasteiger partial charge in [0.15, 0.2) is 5.96 Å². The van der Waals surface area contributed by atoms with Crippen molar-refractivity contribution in [3.05, 3.63) is 40.7 Å². The summed E-state index contributed by atoms with van der Waals surface area (Å²) in [5.74, 6) is 1.71. The van der Waals surface area contributed by atoms with Crippen molar-refractivity contribution in [1.29, 1.82) is 0 Å². The van der Waals surface area contributed by atoms with Gasteiger partial charge in [-0.25, -0.2) is 0 Å². The number of methoxy groups -OCH3 is 1. The summed E-state index contributed by atoms with van der Waals surface area (Å²) in [6.07, 6.45) is 0.645. The van der Waals surface area contributed by atoms with E-state index in [0.717, 1.165) is 17.1 Å². The van der Waals surface area contributed by atoms with Gasteiger partial charge in [-0.3, -0.25) is 4.99 Å². The first-order valence-electron chi connectivity index (χ1n) is 6.41. The molecule has 0 aliphatic rings. The number of rotatable bonds is 5. The van der Waals surface area contributed by atoms with E-state index in [2.05, 4.69) is 15.5 Å². The van der Waals surface area contributed by atoms with Gasteiger partial charge in [0.25, 0.3) is 0 Å². The maximum Gasteiger partial charge on any atom is 0.193 e. The predicted molar refractivity (Wildman–Crippen MR) is 98.5 cm³/mol. The van der Waals surface area contributed by atoms with Gasteiger partial charge >= 0.3 is 0 Å². The fourth-order valence-electron chi connectivity index (χ4n) is 1.75. The first-order valence-corrected chi connectivity index (χ1v) is 6.79. The van der Waals surface area contributed by atoms with Crippen LogP contribution in [0.3, 0.4) is 0 Å². The number of nitrogens with one attached hydrogen (secondary N) is 1. The van der Waals surface area contributed by atoms with Crippen LogP contribution in [0, 0.1) is 6.92 Å². The van der Waals surface area contributed by atoms with Crippen molar-refractivity contribution in [3.63, 3.8) is 0 Å². The van der Waals surface area contributed by atoms with E-state index < -0.39 is 0 Å². The van der Waals surface area contributed by atoms with Crippen LogP contribution < -0.4 is 15.8 Å². The molecule has 8 heteroatoms. The summed E-state index contributed by atoms with van der Waals surface area (Å²) in [5, 5.41) is 7.29. The molecule has 6 nitrogen and oxygen atoms in total. The molecule has 0 amide bonds. The minimum absolute atomic E-state index is 0. The van der Waals surface area contributed by atoms with E-state index in [1.54, 1.807) is 19.2 Å². The number of aliphatic imine (C=N–C) groups is 1. The normalized spacial score (nSPS) is 11.0. The van der Waals surface area contributed by atoms with Gasteiger partial charge in [-0.15, -0.1) is 24.0 Å². The molecule has 2 rings (SSSR count). The summed E-state index contributed by atoms with van der Waals surface area (Å²) in [6.45, 7) is 2.39. The number of hydrogen-bond acceptors (Lipinski definition) is 4. The molecule has 0 aliphatic carbocycles. The van der Waals surface area contributed by atoms with E-state index in [1.807, 2.05) is 19.1 Å². The van der Waals surface area contributed by atoms with Crippen molar-refractivity contribution < 1.29 is 9.26 Å². The predicted octanol–water partition coefficient (Wildman–Crippen LogP) is 3.23. The largest absolute Gasteiger partial charge is 0.495 e. The number of aromatic nitrogens is 1. The highest BCUT2D eigenvalue weighted by atomic mass is 127. The molecule has 0 aliphatic heterocycles. The Hall–Kier alpha value is -1.48. The first kappa shape index (κ1) is 18.6. The fourth-order valence-corrected chi connectivity index (χ4v) is 2.01. The van der Waals surface area contributed by atoms with Crippen molar-refractivity contribution in [2.45, 2.75) is 13.3 Å². The fraction of sp³-hybridized carbons (Fsp3) is 0.286. The van der Waals surface area contributed by atoms with Gasteiger partial charge in [0.2, 0.25) is 0 Å². The third-order valence-corrected chi connectivity index (χ3v) is 3.04. The molecule has 1 aromatic carbocycles. The summed E-state index contributed by atoms with van der Waals surface area (Å²) < 4.78 is 10.2. The summed E-state index contributed by atoms with van der Waals surface area (Å²) >= 11 is 6.03. The van der Waals surface area contributed by atoms with Crippen LogP contribution in [0.5, 0.6) is 5.75 Å². The molecule has 0 saturated heterocycles. The topological polar surface area (TPSA) is 85.7 Å². The number of hydrogen-bond donors (Lipinski definition) is 2. The van der Waals surface area contributed by atoms with Crippen LogP contribution in [-0.2, 0) is 6.42 Å². The zero-order valence-corrected chi connectivity index (χ0v) is 15.4. The van der Waals surface area contributed by atoms with Crippen molar-refractivity contribution >= 4 is 47.2 Å². The third kappa shape index (κ3) is 5.38. The van der Waals surface area contributed by atoms with Crippen LogP contribution in [-0.4, -0.2) is 24.8 Å². The second-order valence-electron chi connectivity index (χ2n) is 4.43. The highest BCUT2D eigenvalue weighted by Gasteiger charge is 2.03. The number of nitrogens with zero attached hydrogens (tertiary/aromatic N) is 2. The molecule has 0 atom stereocenters. The standard InChI is InChI=1S/C14H17ClN4O2.HI/c1-9-7-11(21-19-9)5-6-17-14(16)18-10-3-4-13(20-2)12(15)8-10;/h3-4,7-8H,5-6H2,1-2H3,(H3,16,17,18);1H. The van der Waals surface area contributed by atoms with Gasteiger partial charge in [0, 0.05) is 24.7 Å². The molecule has 0 spiro atoms. The van der Waals surface area contributed by atoms with Gasteiger partial charge in [0.1, 0.15) is 11.5 Å². The molecular formula is C14H18ClIN4O2. The van der Waals surface area contributed by atoms with E-state index in [4.69, 9.17) is 26.6 Å². The molecule has 0 radical (unpaired) electrons. The van der Waals surface area contributed by atoms with E-state index in [9.17, 15) is 0 Å². The SMILES string of the molecule is COc1ccc(NC(N)=NCCc2cc(C)no2)cc1Cl.I. The lowest BCUT2D eigenvalue weighted by molar-refractivity contribution is 0.381. The zero-order valence-electron chi connectivity index (χ0n) is 12.3. The van der Waals surface area contributed by atoms with Crippen molar-refractivity contribution in [3.8, 4) is 5.75 Å². The maximum absolute atomic E-state index is 6.03. The average molecular weight is 437 g/mol. The first-order chi connectivity index (χ1) is 10.1. The van der Waals surface area contributed by atoms with E-state index in [-0.39, 0.29) is 24.0 Å². The highest BCUT2D eigenvalue weighted by molar-refractivity contribution is 14.0. The lowest BCUT2D eigenvalue weighted by Crippen LogP contribution is -2.23. The lowest BCUT2D eigenvalue weighted by Gasteiger charge is -2.08. The van der Waals surface area contributed by atoms with E-state index in [1.165, 1.54) is 0 Å². The number of halogens is 2. The highest BCUT2D eigenvalue weighted by Crippen LogP contribution is 2.26. The molecule has 3 N–H and O–H groups in total. The Kier molecular flexibility index (Phi) is 7.46. The van der Waals surface area contributed by atoms with Gasteiger partial charge in [0.05, 0.1) is 17.8 Å². The maximum atomic E-state index is 6.03. The number of aryl methyl sites for hydroxylation is 1. The van der Waals surface area contributed by atoms with Gasteiger partial charge in [-0.1, -0.05) is 16.8 Å². The lowest BCUT2D eigenvalue weighted by atomic mass is 10.3. The van der Waals surface area contributed by atoms with Crippen molar-refractivity contribution in [1.82, 2.24) is 5.16 Å². The quantitative estimate of drug-likeness (QED) is 0.427. The van der Waals surface area contributed by atoms with E-state index >= 15 is 0 Å². The molecule has 1 heterocycles. The Morgan fingerprint density at radius 3 is 2.82 bits per heavy atom.